The first-order valence-corrected chi connectivity index (χ1v) is 7.18. The SMILES string of the molecule is Cn1c(CNCCOC2CCCC2)cc(=O)n(C)c1=O. The molecule has 0 spiro atoms. The van der Waals surface area contributed by atoms with Gasteiger partial charge in [0.1, 0.15) is 0 Å². The topological polar surface area (TPSA) is 65.3 Å². The molecule has 1 aromatic heterocycles. The van der Waals surface area contributed by atoms with Crippen molar-refractivity contribution in [3.63, 3.8) is 0 Å². The van der Waals surface area contributed by atoms with Crippen LogP contribution >= 0.6 is 0 Å². The van der Waals surface area contributed by atoms with Gasteiger partial charge in [-0.3, -0.25) is 13.9 Å². The second kappa shape index (κ2) is 6.85. The third-order valence-corrected chi connectivity index (χ3v) is 3.87. The second-order valence-corrected chi connectivity index (χ2v) is 5.33. The molecule has 0 amide bonds. The van der Waals surface area contributed by atoms with E-state index in [1.807, 2.05) is 0 Å². The van der Waals surface area contributed by atoms with Crippen molar-refractivity contribution >= 4 is 0 Å². The van der Waals surface area contributed by atoms with Crippen molar-refractivity contribution in [3.8, 4) is 0 Å². The summed E-state index contributed by atoms with van der Waals surface area (Å²) < 4.78 is 8.34. The van der Waals surface area contributed by atoms with Gasteiger partial charge < -0.3 is 10.1 Å². The van der Waals surface area contributed by atoms with Crippen molar-refractivity contribution in [2.75, 3.05) is 13.2 Å². The quantitative estimate of drug-likeness (QED) is 0.753. The van der Waals surface area contributed by atoms with Gasteiger partial charge in [0.2, 0.25) is 0 Å². The maximum absolute atomic E-state index is 11.7. The number of ether oxygens (including phenoxy) is 1. The summed E-state index contributed by atoms with van der Waals surface area (Å²) in [6.45, 7) is 1.89. The highest BCUT2D eigenvalue weighted by Gasteiger charge is 2.14. The summed E-state index contributed by atoms with van der Waals surface area (Å²) in [7, 11) is 3.16. The molecule has 1 N–H and O–H groups in total. The summed E-state index contributed by atoms with van der Waals surface area (Å²) in [5.41, 5.74) is 0.127. The lowest BCUT2D eigenvalue weighted by Crippen LogP contribution is -2.39. The van der Waals surface area contributed by atoms with Crippen molar-refractivity contribution < 1.29 is 4.74 Å². The van der Waals surface area contributed by atoms with Crippen molar-refractivity contribution in [2.45, 2.75) is 38.3 Å². The monoisotopic (exact) mass is 281 g/mol. The summed E-state index contributed by atoms with van der Waals surface area (Å²) >= 11 is 0. The van der Waals surface area contributed by atoms with Crippen LogP contribution in [0.2, 0.25) is 0 Å². The van der Waals surface area contributed by atoms with Crippen molar-refractivity contribution in [1.82, 2.24) is 14.5 Å². The van der Waals surface area contributed by atoms with Gasteiger partial charge in [-0.05, 0) is 12.8 Å². The van der Waals surface area contributed by atoms with E-state index in [1.165, 1.54) is 43.4 Å². The van der Waals surface area contributed by atoms with E-state index in [4.69, 9.17) is 4.74 Å². The van der Waals surface area contributed by atoms with Crippen LogP contribution in [0.25, 0.3) is 0 Å². The number of hydrogen-bond acceptors (Lipinski definition) is 4. The minimum Gasteiger partial charge on any atom is -0.377 e. The smallest absolute Gasteiger partial charge is 0.330 e. The first-order valence-electron chi connectivity index (χ1n) is 7.18. The normalized spacial score (nSPS) is 15.9. The molecule has 2 rings (SSSR count). The number of nitrogens with one attached hydrogen (secondary N) is 1. The molecule has 0 unspecified atom stereocenters. The molecule has 1 heterocycles. The van der Waals surface area contributed by atoms with Gasteiger partial charge in [-0.2, -0.15) is 0 Å². The van der Waals surface area contributed by atoms with E-state index in [9.17, 15) is 9.59 Å². The van der Waals surface area contributed by atoms with Crippen molar-refractivity contribution in [1.29, 1.82) is 0 Å². The Morgan fingerprint density at radius 2 is 1.95 bits per heavy atom. The molecule has 112 valence electrons. The number of aromatic nitrogens is 2. The maximum atomic E-state index is 11.7. The Kier molecular flexibility index (Phi) is 5.14. The lowest BCUT2D eigenvalue weighted by atomic mass is 10.3. The summed E-state index contributed by atoms with van der Waals surface area (Å²) in [6.07, 6.45) is 5.30. The Morgan fingerprint density at radius 3 is 2.65 bits per heavy atom. The molecule has 6 heteroatoms. The Bertz CT molecular complexity index is 556. The van der Waals surface area contributed by atoms with Gasteiger partial charge in [0.15, 0.2) is 0 Å². The predicted octanol–water partition coefficient (Wildman–Crippen LogP) is 0.133. The third kappa shape index (κ3) is 3.58. The molecule has 0 saturated heterocycles. The lowest BCUT2D eigenvalue weighted by Gasteiger charge is -2.13. The molecule has 0 aliphatic heterocycles. The van der Waals surface area contributed by atoms with Crippen LogP contribution in [0, 0.1) is 0 Å². The van der Waals surface area contributed by atoms with E-state index in [-0.39, 0.29) is 11.2 Å². The first-order chi connectivity index (χ1) is 9.59. The Labute approximate surface area is 118 Å². The van der Waals surface area contributed by atoms with Gasteiger partial charge in [0.25, 0.3) is 5.56 Å². The molecule has 0 atom stereocenters. The number of rotatable bonds is 6. The van der Waals surface area contributed by atoms with Crippen molar-refractivity contribution in [2.24, 2.45) is 14.1 Å². The fourth-order valence-corrected chi connectivity index (χ4v) is 2.52. The Hall–Kier alpha value is -1.40. The van der Waals surface area contributed by atoms with Gasteiger partial charge in [0.05, 0.1) is 12.7 Å². The summed E-state index contributed by atoms with van der Waals surface area (Å²) in [4.78, 5) is 23.3. The van der Waals surface area contributed by atoms with Gasteiger partial charge in [0, 0.05) is 38.9 Å². The number of nitrogens with zero attached hydrogens (tertiary/aromatic N) is 2. The highest BCUT2D eigenvalue weighted by atomic mass is 16.5. The van der Waals surface area contributed by atoms with E-state index < -0.39 is 0 Å². The largest absolute Gasteiger partial charge is 0.377 e. The fourth-order valence-electron chi connectivity index (χ4n) is 2.52. The van der Waals surface area contributed by atoms with Crippen molar-refractivity contribution in [3.05, 3.63) is 32.6 Å². The average Bonchev–Trinajstić information content (AvgIpc) is 2.94. The zero-order valence-corrected chi connectivity index (χ0v) is 12.2. The van der Waals surface area contributed by atoms with Crippen LogP contribution in [-0.4, -0.2) is 28.4 Å². The van der Waals surface area contributed by atoms with Gasteiger partial charge >= 0.3 is 5.69 Å². The highest BCUT2D eigenvalue weighted by Crippen LogP contribution is 2.20. The summed E-state index contributed by atoms with van der Waals surface area (Å²) in [5, 5.41) is 3.21. The second-order valence-electron chi connectivity index (χ2n) is 5.33. The predicted molar refractivity (Wildman–Crippen MR) is 76.8 cm³/mol. The Morgan fingerprint density at radius 1 is 1.25 bits per heavy atom. The molecule has 1 aliphatic rings. The van der Waals surface area contributed by atoms with Crippen LogP contribution in [0.3, 0.4) is 0 Å². The summed E-state index contributed by atoms with van der Waals surface area (Å²) in [5.74, 6) is 0. The highest BCUT2D eigenvalue weighted by molar-refractivity contribution is 5.01. The van der Waals surface area contributed by atoms with Crippen LogP contribution in [0.4, 0.5) is 0 Å². The molecule has 1 fully saturated rings. The van der Waals surface area contributed by atoms with Crippen LogP contribution in [0.15, 0.2) is 15.7 Å². The molecule has 1 saturated carbocycles. The van der Waals surface area contributed by atoms with Gasteiger partial charge in [-0.25, -0.2) is 4.79 Å². The van der Waals surface area contributed by atoms with E-state index in [2.05, 4.69) is 5.32 Å². The zero-order valence-electron chi connectivity index (χ0n) is 12.2. The number of hydrogen-bond donors (Lipinski definition) is 1. The molecule has 1 aliphatic carbocycles. The molecule has 0 bridgehead atoms. The third-order valence-electron chi connectivity index (χ3n) is 3.87. The fraction of sp³-hybridized carbons (Fsp3) is 0.714. The van der Waals surface area contributed by atoms with Crippen LogP contribution in [-0.2, 0) is 25.4 Å². The minimum atomic E-state index is -0.295. The first kappa shape index (κ1) is 15.0. The van der Waals surface area contributed by atoms with E-state index in [1.54, 1.807) is 7.05 Å². The average molecular weight is 281 g/mol. The van der Waals surface area contributed by atoms with Crippen LogP contribution in [0.1, 0.15) is 31.4 Å². The zero-order chi connectivity index (χ0) is 14.5. The molecule has 20 heavy (non-hydrogen) atoms. The molecule has 6 nitrogen and oxygen atoms in total. The molecular formula is C14H23N3O3. The van der Waals surface area contributed by atoms with Crippen LogP contribution in [0.5, 0.6) is 0 Å². The molecular weight excluding hydrogens is 258 g/mol. The van der Waals surface area contributed by atoms with Gasteiger partial charge in [-0.15, -0.1) is 0 Å². The van der Waals surface area contributed by atoms with Gasteiger partial charge in [-0.1, -0.05) is 12.8 Å². The van der Waals surface area contributed by atoms with E-state index in [0.29, 0.717) is 24.9 Å². The summed E-state index contributed by atoms with van der Waals surface area (Å²) in [6, 6.07) is 1.49. The Balaban J connectivity index is 1.79. The minimum absolute atomic E-state index is 0.271. The standard InChI is InChI=1S/C14H23N3O3/c1-16-11(9-13(18)17(2)14(16)19)10-15-7-8-20-12-5-3-4-6-12/h9,12,15H,3-8,10H2,1-2H3. The van der Waals surface area contributed by atoms with E-state index in [0.717, 1.165) is 11.1 Å². The molecule has 1 aromatic rings. The maximum Gasteiger partial charge on any atom is 0.330 e. The van der Waals surface area contributed by atoms with E-state index >= 15 is 0 Å². The van der Waals surface area contributed by atoms with Crippen LogP contribution < -0.4 is 16.6 Å². The molecule has 0 radical (unpaired) electrons. The molecule has 0 aromatic carbocycles. The lowest BCUT2D eigenvalue weighted by molar-refractivity contribution is 0.0602.